The fourth-order valence-electron chi connectivity index (χ4n) is 5.31. The molecule has 3 aromatic rings. The summed E-state index contributed by atoms with van der Waals surface area (Å²) in [5.41, 5.74) is 0.521. The molecule has 8 heteroatoms. The highest BCUT2D eigenvalue weighted by atomic mass is 19.1. The van der Waals surface area contributed by atoms with E-state index in [1.165, 1.54) is 5.56 Å². The Balaban J connectivity index is 0.00000130. The van der Waals surface area contributed by atoms with Crippen LogP contribution in [-0.2, 0) is 5.67 Å². The quantitative estimate of drug-likeness (QED) is 0.538. The number of hydrogen-bond donors (Lipinski definition) is 1. The van der Waals surface area contributed by atoms with Crippen molar-refractivity contribution >= 4 is 22.5 Å². The summed E-state index contributed by atoms with van der Waals surface area (Å²) in [6.45, 7) is 7.00. The minimum atomic E-state index is -1.41. The monoisotopic (exact) mass is 493 g/mol. The lowest BCUT2D eigenvalue weighted by atomic mass is 9.88. The molecule has 1 atom stereocenters. The summed E-state index contributed by atoms with van der Waals surface area (Å²) in [7, 11) is 1.72. The Morgan fingerprint density at radius 1 is 1.03 bits per heavy atom. The maximum Gasteiger partial charge on any atom is 0.170 e. The van der Waals surface area contributed by atoms with Gasteiger partial charge in [0.05, 0.1) is 24.9 Å². The number of ether oxygens (including phenoxy) is 1. The van der Waals surface area contributed by atoms with Crippen LogP contribution >= 0.6 is 0 Å². The number of rotatable bonds is 5. The highest BCUT2D eigenvalue weighted by Crippen LogP contribution is 2.49. The zero-order chi connectivity index (χ0) is 25.3. The fraction of sp³-hybridized carbons (Fsp3) is 0.536. The first-order valence-electron chi connectivity index (χ1n) is 13.2. The summed E-state index contributed by atoms with van der Waals surface area (Å²) >= 11 is 0. The normalized spacial score (nSPS) is 21.3. The van der Waals surface area contributed by atoms with Gasteiger partial charge in [0.1, 0.15) is 17.4 Å². The fourth-order valence-corrected chi connectivity index (χ4v) is 5.31. The van der Waals surface area contributed by atoms with Crippen molar-refractivity contribution in [3.05, 3.63) is 47.9 Å². The van der Waals surface area contributed by atoms with Gasteiger partial charge in [-0.15, -0.1) is 0 Å². The molecule has 0 bridgehead atoms. The first-order valence-corrected chi connectivity index (χ1v) is 13.2. The Labute approximate surface area is 212 Å². The largest absolute Gasteiger partial charge is 0.496 e. The summed E-state index contributed by atoms with van der Waals surface area (Å²) in [5.74, 6) is 3.25. The number of anilines is 2. The molecule has 0 spiro atoms. The number of aliphatic hydroxyl groups excluding tert-OH is 1. The summed E-state index contributed by atoms with van der Waals surface area (Å²) in [6, 6.07) is 10.2. The summed E-state index contributed by atoms with van der Waals surface area (Å²) in [5, 5.41) is 10.9. The number of alkyl halides is 1. The summed E-state index contributed by atoms with van der Waals surface area (Å²) in [4.78, 5) is 18.3. The van der Waals surface area contributed by atoms with Crippen LogP contribution in [0.15, 0.2) is 36.5 Å². The van der Waals surface area contributed by atoms with Gasteiger partial charge in [-0.25, -0.2) is 19.3 Å². The van der Waals surface area contributed by atoms with Crippen LogP contribution in [0.5, 0.6) is 5.75 Å². The average molecular weight is 494 g/mol. The van der Waals surface area contributed by atoms with Gasteiger partial charge in [-0.05, 0) is 55.7 Å². The number of halogens is 1. The van der Waals surface area contributed by atoms with Gasteiger partial charge in [0.15, 0.2) is 11.5 Å². The average Bonchev–Trinajstić information content (AvgIpc) is 3.54. The Hall–Kier alpha value is -3.00. The van der Waals surface area contributed by atoms with Crippen LogP contribution < -0.4 is 14.5 Å². The molecule has 2 aliphatic heterocycles. The molecule has 3 aliphatic rings. The van der Waals surface area contributed by atoms with Crippen molar-refractivity contribution in [2.75, 3.05) is 43.1 Å². The summed E-state index contributed by atoms with van der Waals surface area (Å²) in [6.07, 6.45) is 5.04. The topological polar surface area (TPSA) is 74.6 Å². The molecule has 4 heterocycles. The first-order chi connectivity index (χ1) is 17.5. The van der Waals surface area contributed by atoms with Gasteiger partial charge in [-0.3, -0.25) is 0 Å². The van der Waals surface area contributed by atoms with Gasteiger partial charge in [0, 0.05) is 31.6 Å². The Bertz CT molecular complexity index is 1210. The van der Waals surface area contributed by atoms with E-state index in [0.29, 0.717) is 30.8 Å². The van der Waals surface area contributed by atoms with Gasteiger partial charge in [0.25, 0.3) is 0 Å². The molecular weight excluding hydrogens is 457 g/mol. The third-order valence-corrected chi connectivity index (χ3v) is 7.50. The molecule has 6 rings (SSSR count). The van der Waals surface area contributed by atoms with E-state index in [-0.39, 0.29) is 11.9 Å². The Morgan fingerprint density at radius 3 is 2.42 bits per heavy atom. The highest BCUT2D eigenvalue weighted by Gasteiger charge is 2.48. The van der Waals surface area contributed by atoms with Crippen molar-refractivity contribution in [3.63, 3.8) is 0 Å². The molecule has 192 valence electrons. The molecule has 1 unspecified atom stereocenters. The van der Waals surface area contributed by atoms with Crippen LogP contribution in [0, 0.1) is 0 Å². The predicted molar refractivity (Wildman–Crippen MR) is 141 cm³/mol. The van der Waals surface area contributed by atoms with Crippen LogP contribution in [0.2, 0.25) is 0 Å². The number of fused-ring (bicyclic) bond motifs is 1. The maximum absolute atomic E-state index is 15.0. The third kappa shape index (κ3) is 4.71. The molecule has 2 aromatic heterocycles. The van der Waals surface area contributed by atoms with Crippen molar-refractivity contribution in [3.8, 4) is 5.75 Å². The van der Waals surface area contributed by atoms with E-state index in [0.717, 1.165) is 61.7 Å². The van der Waals surface area contributed by atoms with E-state index < -0.39 is 5.67 Å². The predicted octanol–water partition coefficient (Wildman–Crippen LogP) is 4.97. The molecule has 1 aromatic carbocycles. The second-order valence-electron chi connectivity index (χ2n) is 9.79. The number of benzene rings is 1. The van der Waals surface area contributed by atoms with Gasteiger partial charge < -0.3 is 19.6 Å². The van der Waals surface area contributed by atoms with E-state index in [1.54, 1.807) is 13.3 Å². The minimum Gasteiger partial charge on any atom is -0.496 e. The molecule has 0 amide bonds. The van der Waals surface area contributed by atoms with Crippen LogP contribution in [-0.4, -0.2) is 59.5 Å². The van der Waals surface area contributed by atoms with E-state index in [1.807, 2.05) is 32.0 Å². The Morgan fingerprint density at radius 2 is 1.75 bits per heavy atom. The van der Waals surface area contributed by atoms with Crippen molar-refractivity contribution in [2.24, 2.45) is 0 Å². The zero-order valence-corrected chi connectivity index (χ0v) is 21.5. The highest BCUT2D eigenvalue weighted by molar-refractivity contribution is 5.91. The van der Waals surface area contributed by atoms with E-state index >= 15 is 4.39 Å². The number of methoxy groups -OCH3 is 1. The second kappa shape index (κ2) is 10.2. The van der Waals surface area contributed by atoms with Crippen molar-refractivity contribution in [2.45, 2.75) is 63.6 Å². The van der Waals surface area contributed by atoms with Crippen LogP contribution in [0.4, 0.5) is 16.0 Å². The lowest BCUT2D eigenvalue weighted by Crippen LogP contribution is -2.34. The van der Waals surface area contributed by atoms with Crippen LogP contribution in [0.3, 0.4) is 0 Å². The van der Waals surface area contributed by atoms with Gasteiger partial charge >= 0.3 is 0 Å². The number of β-amino-alcohol motifs (C(OH)–C–C–N with tert-alkyl or cyclic N) is 1. The Kier molecular flexibility index (Phi) is 6.97. The number of piperidine rings is 1. The minimum absolute atomic E-state index is 0.285. The van der Waals surface area contributed by atoms with E-state index in [4.69, 9.17) is 9.72 Å². The molecule has 1 N–H and O–H groups in total. The van der Waals surface area contributed by atoms with Crippen molar-refractivity contribution in [1.82, 2.24) is 15.0 Å². The molecule has 36 heavy (non-hydrogen) atoms. The number of nitrogens with zero attached hydrogens (tertiary/aromatic N) is 5. The number of pyridine rings is 1. The standard InChI is InChI=1S/C26H30FN5O2.C2H6/c1-34-22-5-3-2-4-19(22)17-6-11-31(12-7-17)24-20-14-23(32-13-8-18(33)16-32)28-15-21(20)29-25(30-24)26(27)9-10-26;1-2/h2-5,14-15,17-18,33H,6-13,16H2,1H3;1-2H3. The molecule has 0 radical (unpaired) electrons. The lowest BCUT2D eigenvalue weighted by molar-refractivity contribution is 0.198. The maximum atomic E-state index is 15.0. The van der Waals surface area contributed by atoms with Gasteiger partial charge in [-0.1, -0.05) is 32.0 Å². The number of aliphatic hydroxyl groups is 1. The van der Waals surface area contributed by atoms with E-state index in [9.17, 15) is 5.11 Å². The zero-order valence-electron chi connectivity index (χ0n) is 21.5. The first kappa shape index (κ1) is 24.7. The molecular formula is C28H36FN5O2. The van der Waals surface area contributed by atoms with E-state index in [2.05, 4.69) is 31.9 Å². The lowest BCUT2D eigenvalue weighted by Gasteiger charge is -2.34. The molecule has 1 saturated carbocycles. The summed E-state index contributed by atoms with van der Waals surface area (Å²) < 4.78 is 20.6. The molecule has 1 aliphatic carbocycles. The van der Waals surface area contributed by atoms with Gasteiger partial charge in [0.2, 0.25) is 0 Å². The number of aromatic nitrogens is 3. The van der Waals surface area contributed by atoms with Gasteiger partial charge in [-0.2, -0.15) is 0 Å². The number of hydrogen-bond acceptors (Lipinski definition) is 7. The van der Waals surface area contributed by atoms with Crippen LogP contribution in [0.25, 0.3) is 10.9 Å². The van der Waals surface area contributed by atoms with Crippen molar-refractivity contribution < 1.29 is 14.2 Å². The number of para-hydroxylation sites is 1. The molecule has 3 fully saturated rings. The second-order valence-corrected chi connectivity index (χ2v) is 9.79. The van der Waals surface area contributed by atoms with Crippen molar-refractivity contribution in [1.29, 1.82) is 0 Å². The third-order valence-electron chi connectivity index (χ3n) is 7.50. The molecule has 7 nitrogen and oxygen atoms in total. The van der Waals surface area contributed by atoms with Crippen LogP contribution in [0.1, 0.15) is 63.3 Å². The SMILES string of the molecule is CC.COc1ccccc1C1CCN(c2nc(C3(F)CC3)nc3cnc(N4CCC(O)C4)cc23)CC1. The molecule has 2 saturated heterocycles. The smallest absolute Gasteiger partial charge is 0.170 e.